The highest BCUT2D eigenvalue weighted by molar-refractivity contribution is 9.10. The largest absolute Gasteiger partial charge is 0.345 e. The average Bonchev–Trinajstić information content (AvgIpc) is 2.98. The van der Waals surface area contributed by atoms with Gasteiger partial charge < -0.3 is 9.88 Å². The molecule has 6 heteroatoms. The van der Waals surface area contributed by atoms with Gasteiger partial charge in [0.05, 0.1) is 16.8 Å². The maximum atomic E-state index is 12.1. The first-order chi connectivity index (χ1) is 9.63. The minimum Gasteiger partial charge on any atom is -0.345 e. The Morgan fingerprint density at radius 3 is 2.95 bits per heavy atom. The molecule has 4 nitrogen and oxygen atoms in total. The van der Waals surface area contributed by atoms with Crippen LogP contribution < -0.4 is 5.32 Å². The van der Waals surface area contributed by atoms with E-state index in [9.17, 15) is 4.79 Å². The summed E-state index contributed by atoms with van der Waals surface area (Å²) in [6.45, 7) is 0.445. The van der Waals surface area contributed by atoms with E-state index in [1.807, 2.05) is 37.5 Å². The van der Waals surface area contributed by atoms with Crippen LogP contribution in [0.5, 0.6) is 0 Å². The highest BCUT2D eigenvalue weighted by atomic mass is 79.9. The third-order valence-electron chi connectivity index (χ3n) is 2.94. The number of hydrogen-bond acceptors (Lipinski definition) is 3. The number of aryl methyl sites for hydroxylation is 1. The van der Waals surface area contributed by atoms with Gasteiger partial charge in [-0.05, 0) is 34.1 Å². The second-order valence-corrected chi connectivity index (χ2v) is 6.44. The van der Waals surface area contributed by atoms with E-state index in [1.165, 1.54) is 0 Å². The number of rotatable bonds is 3. The number of nitrogens with zero attached hydrogens (tertiary/aromatic N) is 2. The Labute approximate surface area is 128 Å². The molecular weight excluding hydrogens is 338 g/mol. The summed E-state index contributed by atoms with van der Waals surface area (Å²) in [6.07, 6.45) is 1.85. The molecule has 0 aliphatic carbocycles. The van der Waals surface area contributed by atoms with Gasteiger partial charge in [0.1, 0.15) is 10.7 Å². The van der Waals surface area contributed by atoms with Crippen LogP contribution in [0, 0.1) is 0 Å². The van der Waals surface area contributed by atoms with Gasteiger partial charge in [-0.25, -0.2) is 4.98 Å². The van der Waals surface area contributed by atoms with Gasteiger partial charge in [-0.2, -0.15) is 0 Å². The molecule has 0 spiro atoms. The zero-order chi connectivity index (χ0) is 14.1. The monoisotopic (exact) mass is 349 g/mol. The fourth-order valence-electron chi connectivity index (χ4n) is 1.99. The second kappa shape index (κ2) is 5.38. The third kappa shape index (κ3) is 2.62. The van der Waals surface area contributed by atoms with Crippen molar-refractivity contribution in [3.63, 3.8) is 0 Å². The number of carbonyl (C=O) groups excluding carboxylic acids is 1. The van der Waals surface area contributed by atoms with Crippen molar-refractivity contribution in [1.82, 2.24) is 14.9 Å². The predicted octanol–water partition coefficient (Wildman–Crippen LogP) is 3.33. The van der Waals surface area contributed by atoms with E-state index < -0.39 is 0 Å². The van der Waals surface area contributed by atoms with Gasteiger partial charge in [0.2, 0.25) is 0 Å². The lowest BCUT2D eigenvalue weighted by Gasteiger charge is -2.03. The fourth-order valence-corrected chi connectivity index (χ4v) is 3.42. The van der Waals surface area contributed by atoms with E-state index >= 15 is 0 Å². The summed E-state index contributed by atoms with van der Waals surface area (Å²) in [5.74, 6) is -0.0996. The SMILES string of the molecule is Cn1cc(Br)cc1C(=O)NCc1nc2ccccc2s1. The van der Waals surface area contributed by atoms with E-state index in [-0.39, 0.29) is 5.91 Å². The smallest absolute Gasteiger partial charge is 0.268 e. The minimum absolute atomic E-state index is 0.0996. The standard InChI is InChI=1S/C14H12BrN3OS/c1-18-8-9(15)6-11(18)14(19)16-7-13-17-10-4-2-3-5-12(10)20-13/h2-6,8H,7H2,1H3,(H,16,19). The fraction of sp³-hybridized carbons (Fsp3) is 0.143. The van der Waals surface area contributed by atoms with Crippen molar-refractivity contribution in [2.24, 2.45) is 7.05 Å². The lowest BCUT2D eigenvalue weighted by molar-refractivity contribution is 0.0943. The molecule has 3 aromatic rings. The van der Waals surface area contributed by atoms with Crippen LogP contribution >= 0.6 is 27.3 Å². The number of hydrogen-bond donors (Lipinski definition) is 1. The molecule has 0 atom stereocenters. The van der Waals surface area contributed by atoms with Crippen molar-refractivity contribution >= 4 is 43.4 Å². The molecule has 0 bridgehead atoms. The van der Waals surface area contributed by atoms with Crippen molar-refractivity contribution in [2.45, 2.75) is 6.54 Å². The third-order valence-corrected chi connectivity index (χ3v) is 4.41. The summed E-state index contributed by atoms with van der Waals surface area (Å²) in [4.78, 5) is 16.6. The van der Waals surface area contributed by atoms with Crippen LogP contribution in [-0.2, 0) is 13.6 Å². The Balaban J connectivity index is 1.73. The first-order valence-corrected chi connectivity index (χ1v) is 7.69. The molecule has 0 aliphatic rings. The maximum absolute atomic E-state index is 12.1. The number of halogens is 1. The van der Waals surface area contributed by atoms with Gasteiger partial charge in [-0.15, -0.1) is 11.3 Å². The molecular formula is C14H12BrN3OS. The predicted molar refractivity (Wildman–Crippen MR) is 83.9 cm³/mol. The molecule has 0 radical (unpaired) electrons. The lowest BCUT2D eigenvalue weighted by atomic mass is 10.3. The van der Waals surface area contributed by atoms with Crippen molar-refractivity contribution in [3.8, 4) is 0 Å². The number of fused-ring (bicyclic) bond motifs is 1. The number of para-hydroxylation sites is 1. The molecule has 0 saturated heterocycles. The summed E-state index contributed by atoms with van der Waals surface area (Å²) < 4.78 is 3.82. The number of nitrogens with one attached hydrogen (secondary N) is 1. The molecule has 2 aromatic heterocycles. The lowest BCUT2D eigenvalue weighted by Crippen LogP contribution is -2.24. The van der Waals surface area contributed by atoms with Gasteiger partial charge in [0.25, 0.3) is 5.91 Å². The molecule has 0 unspecified atom stereocenters. The molecule has 0 saturated carbocycles. The van der Waals surface area contributed by atoms with Gasteiger partial charge in [-0.3, -0.25) is 4.79 Å². The number of benzene rings is 1. The molecule has 1 amide bonds. The maximum Gasteiger partial charge on any atom is 0.268 e. The van der Waals surface area contributed by atoms with Gasteiger partial charge in [0.15, 0.2) is 0 Å². The van der Waals surface area contributed by atoms with Gasteiger partial charge >= 0.3 is 0 Å². The van der Waals surface area contributed by atoms with Gasteiger partial charge in [-0.1, -0.05) is 12.1 Å². The summed E-state index contributed by atoms with van der Waals surface area (Å²) in [6, 6.07) is 9.77. The van der Waals surface area contributed by atoms with Crippen LogP contribution in [-0.4, -0.2) is 15.5 Å². The van der Waals surface area contributed by atoms with Gasteiger partial charge in [0, 0.05) is 17.7 Å². The topological polar surface area (TPSA) is 46.9 Å². The zero-order valence-electron chi connectivity index (χ0n) is 10.8. The highest BCUT2D eigenvalue weighted by Gasteiger charge is 2.11. The van der Waals surface area contributed by atoms with E-state index in [4.69, 9.17) is 0 Å². The minimum atomic E-state index is -0.0996. The van der Waals surface area contributed by atoms with E-state index in [0.717, 1.165) is 19.7 Å². The molecule has 3 rings (SSSR count). The first-order valence-electron chi connectivity index (χ1n) is 6.08. The first kappa shape index (κ1) is 13.3. The Kier molecular flexibility index (Phi) is 3.58. The molecule has 0 fully saturated rings. The average molecular weight is 350 g/mol. The number of amides is 1. The summed E-state index contributed by atoms with van der Waals surface area (Å²) in [7, 11) is 1.84. The molecule has 2 heterocycles. The van der Waals surface area contributed by atoms with Crippen molar-refractivity contribution in [2.75, 3.05) is 0 Å². The highest BCUT2D eigenvalue weighted by Crippen LogP contribution is 2.21. The van der Waals surface area contributed by atoms with Crippen LogP contribution in [0.3, 0.4) is 0 Å². The quantitative estimate of drug-likeness (QED) is 0.788. The van der Waals surface area contributed by atoms with E-state index in [0.29, 0.717) is 12.2 Å². The van der Waals surface area contributed by atoms with Crippen LogP contribution in [0.15, 0.2) is 41.0 Å². The van der Waals surface area contributed by atoms with Crippen LogP contribution in [0.2, 0.25) is 0 Å². The molecule has 0 aliphatic heterocycles. The van der Waals surface area contributed by atoms with E-state index in [1.54, 1.807) is 22.0 Å². The molecule has 1 N–H and O–H groups in total. The zero-order valence-corrected chi connectivity index (χ0v) is 13.2. The van der Waals surface area contributed by atoms with Crippen LogP contribution in [0.1, 0.15) is 15.5 Å². The Morgan fingerprint density at radius 1 is 1.45 bits per heavy atom. The van der Waals surface area contributed by atoms with Crippen LogP contribution in [0.25, 0.3) is 10.2 Å². The summed E-state index contributed by atoms with van der Waals surface area (Å²) in [5, 5.41) is 3.81. The van der Waals surface area contributed by atoms with E-state index in [2.05, 4.69) is 26.2 Å². The number of aromatic nitrogens is 2. The van der Waals surface area contributed by atoms with Crippen molar-refractivity contribution in [1.29, 1.82) is 0 Å². The number of carbonyl (C=O) groups is 1. The normalized spacial score (nSPS) is 10.9. The van der Waals surface area contributed by atoms with Crippen LogP contribution in [0.4, 0.5) is 0 Å². The molecule has 102 valence electrons. The van der Waals surface area contributed by atoms with Crippen molar-refractivity contribution < 1.29 is 4.79 Å². The molecule has 1 aromatic carbocycles. The Bertz CT molecular complexity index is 745. The summed E-state index contributed by atoms with van der Waals surface area (Å²) in [5.41, 5.74) is 1.60. The second-order valence-electron chi connectivity index (χ2n) is 4.41. The summed E-state index contributed by atoms with van der Waals surface area (Å²) >= 11 is 4.96. The Morgan fingerprint density at radius 2 is 2.25 bits per heavy atom. The number of thiazole rings is 1. The van der Waals surface area contributed by atoms with Crippen molar-refractivity contribution in [3.05, 3.63) is 51.7 Å². The Hall–Kier alpha value is -1.66. The molecule has 20 heavy (non-hydrogen) atoms.